The molecule has 1 aromatic carbocycles. The third-order valence-corrected chi connectivity index (χ3v) is 2.78. The van der Waals surface area contributed by atoms with Crippen molar-refractivity contribution in [1.29, 1.82) is 0 Å². The largest absolute Gasteiger partial charge is 0.397 e. The molecule has 5 heteroatoms. The molecule has 0 fully saturated rings. The van der Waals surface area contributed by atoms with Crippen LogP contribution >= 0.6 is 11.6 Å². The molecule has 0 aromatic heterocycles. The summed E-state index contributed by atoms with van der Waals surface area (Å²) in [5.41, 5.74) is 6.83. The standard InChI is InChI=1S/C12H18ClN3O/c1-3-16(2)7-6-12(17)15-11-5-4-9(13)8-10(11)14/h4-5,8H,3,6-7,14H2,1-2H3,(H,15,17). The lowest BCUT2D eigenvalue weighted by Gasteiger charge is -2.13. The Kier molecular flexibility index (Phi) is 5.25. The van der Waals surface area contributed by atoms with Crippen molar-refractivity contribution < 1.29 is 4.79 Å². The van der Waals surface area contributed by atoms with Crippen molar-refractivity contribution in [3.05, 3.63) is 23.2 Å². The molecule has 0 saturated carbocycles. The van der Waals surface area contributed by atoms with Gasteiger partial charge >= 0.3 is 0 Å². The number of nitrogens with zero attached hydrogens (tertiary/aromatic N) is 1. The zero-order chi connectivity index (χ0) is 12.8. The van der Waals surface area contributed by atoms with E-state index in [0.29, 0.717) is 22.8 Å². The molecule has 17 heavy (non-hydrogen) atoms. The highest BCUT2D eigenvalue weighted by molar-refractivity contribution is 6.31. The molecule has 4 nitrogen and oxygen atoms in total. The molecule has 0 bridgehead atoms. The molecule has 0 aliphatic rings. The normalized spacial score (nSPS) is 10.6. The van der Waals surface area contributed by atoms with Crippen molar-refractivity contribution in [2.24, 2.45) is 0 Å². The molecule has 94 valence electrons. The van der Waals surface area contributed by atoms with Crippen LogP contribution in [-0.2, 0) is 4.79 Å². The second kappa shape index (κ2) is 6.47. The second-order valence-electron chi connectivity index (χ2n) is 3.93. The second-order valence-corrected chi connectivity index (χ2v) is 4.36. The number of nitrogens with two attached hydrogens (primary N) is 1. The molecule has 0 aliphatic heterocycles. The summed E-state index contributed by atoms with van der Waals surface area (Å²) in [6.07, 6.45) is 0.451. The van der Waals surface area contributed by atoms with E-state index in [1.165, 1.54) is 0 Å². The number of carbonyl (C=O) groups excluding carboxylic acids is 1. The molecule has 0 unspecified atom stereocenters. The molecule has 0 atom stereocenters. The van der Waals surface area contributed by atoms with Crippen LogP contribution in [0.3, 0.4) is 0 Å². The number of anilines is 2. The molecular formula is C12H18ClN3O. The molecule has 1 rings (SSSR count). The minimum absolute atomic E-state index is 0.0423. The summed E-state index contributed by atoms with van der Waals surface area (Å²) in [6.45, 7) is 3.71. The van der Waals surface area contributed by atoms with E-state index in [1.54, 1.807) is 18.2 Å². The third-order valence-electron chi connectivity index (χ3n) is 2.55. The van der Waals surface area contributed by atoms with E-state index in [-0.39, 0.29) is 5.91 Å². The molecule has 0 heterocycles. The van der Waals surface area contributed by atoms with Crippen LogP contribution in [0.15, 0.2) is 18.2 Å². The summed E-state index contributed by atoms with van der Waals surface area (Å²) in [4.78, 5) is 13.7. The quantitative estimate of drug-likeness (QED) is 0.793. The third kappa shape index (κ3) is 4.63. The fourth-order valence-corrected chi connectivity index (χ4v) is 1.49. The van der Waals surface area contributed by atoms with E-state index in [1.807, 2.05) is 7.05 Å². The summed E-state index contributed by atoms with van der Waals surface area (Å²) in [6, 6.07) is 5.03. The highest BCUT2D eigenvalue weighted by Gasteiger charge is 2.06. The lowest BCUT2D eigenvalue weighted by Crippen LogP contribution is -2.24. The Balaban J connectivity index is 2.50. The topological polar surface area (TPSA) is 58.4 Å². The minimum Gasteiger partial charge on any atom is -0.397 e. The first-order chi connectivity index (χ1) is 8.02. The van der Waals surface area contributed by atoms with Gasteiger partial charge in [-0.15, -0.1) is 0 Å². The lowest BCUT2D eigenvalue weighted by atomic mass is 10.2. The van der Waals surface area contributed by atoms with Gasteiger partial charge in [0, 0.05) is 18.0 Å². The number of rotatable bonds is 5. The van der Waals surface area contributed by atoms with Crippen LogP contribution in [0.1, 0.15) is 13.3 Å². The van der Waals surface area contributed by atoms with Gasteiger partial charge in [-0.1, -0.05) is 18.5 Å². The number of benzene rings is 1. The predicted octanol–water partition coefficient (Wildman–Crippen LogP) is 2.20. The first-order valence-electron chi connectivity index (χ1n) is 5.56. The number of carbonyl (C=O) groups is 1. The maximum atomic E-state index is 11.6. The van der Waals surface area contributed by atoms with E-state index in [2.05, 4.69) is 17.1 Å². The zero-order valence-corrected chi connectivity index (χ0v) is 10.9. The average molecular weight is 256 g/mol. The zero-order valence-electron chi connectivity index (χ0n) is 10.2. The first kappa shape index (κ1) is 13.8. The van der Waals surface area contributed by atoms with E-state index >= 15 is 0 Å². The van der Waals surface area contributed by atoms with Crippen molar-refractivity contribution in [2.75, 3.05) is 31.2 Å². The minimum atomic E-state index is -0.0423. The van der Waals surface area contributed by atoms with Crippen molar-refractivity contribution >= 4 is 28.9 Å². The Labute approximate surface area is 107 Å². The summed E-state index contributed by atoms with van der Waals surface area (Å²) in [7, 11) is 1.98. The van der Waals surface area contributed by atoms with Crippen LogP contribution < -0.4 is 11.1 Å². The maximum Gasteiger partial charge on any atom is 0.225 e. The van der Waals surface area contributed by atoms with Crippen molar-refractivity contribution in [3.63, 3.8) is 0 Å². The van der Waals surface area contributed by atoms with E-state index in [4.69, 9.17) is 17.3 Å². The van der Waals surface area contributed by atoms with Crippen LogP contribution in [0.2, 0.25) is 5.02 Å². The Bertz CT molecular complexity index is 395. The highest BCUT2D eigenvalue weighted by atomic mass is 35.5. The fourth-order valence-electron chi connectivity index (χ4n) is 1.31. The summed E-state index contributed by atoms with van der Waals surface area (Å²) >= 11 is 5.78. The van der Waals surface area contributed by atoms with Crippen LogP contribution in [0, 0.1) is 0 Å². The summed E-state index contributed by atoms with van der Waals surface area (Å²) in [5.74, 6) is -0.0423. The molecule has 1 amide bonds. The first-order valence-corrected chi connectivity index (χ1v) is 5.94. The van der Waals surface area contributed by atoms with E-state index in [9.17, 15) is 4.79 Å². The molecule has 0 radical (unpaired) electrons. The van der Waals surface area contributed by atoms with Gasteiger partial charge in [-0.25, -0.2) is 0 Å². The van der Waals surface area contributed by atoms with E-state index < -0.39 is 0 Å². The SMILES string of the molecule is CCN(C)CCC(=O)Nc1ccc(Cl)cc1N. The Morgan fingerprint density at radius 2 is 2.24 bits per heavy atom. The lowest BCUT2D eigenvalue weighted by molar-refractivity contribution is -0.116. The van der Waals surface area contributed by atoms with Crippen LogP contribution in [0.25, 0.3) is 0 Å². The molecule has 3 N–H and O–H groups in total. The van der Waals surface area contributed by atoms with Crippen molar-refractivity contribution in [1.82, 2.24) is 4.90 Å². The maximum absolute atomic E-state index is 11.6. The average Bonchev–Trinajstić information content (AvgIpc) is 2.29. The Hall–Kier alpha value is -1.26. The highest BCUT2D eigenvalue weighted by Crippen LogP contribution is 2.22. The van der Waals surface area contributed by atoms with Gasteiger partial charge in [-0.2, -0.15) is 0 Å². The fraction of sp³-hybridized carbons (Fsp3) is 0.417. The molecule has 0 saturated heterocycles. The van der Waals surface area contributed by atoms with Gasteiger partial charge < -0.3 is 16.0 Å². The Morgan fingerprint density at radius 1 is 1.53 bits per heavy atom. The smallest absolute Gasteiger partial charge is 0.225 e. The van der Waals surface area contributed by atoms with Gasteiger partial charge in [0.15, 0.2) is 0 Å². The van der Waals surface area contributed by atoms with Gasteiger partial charge in [0.25, 0.3) is 0 Å². The van der Waals surface area contributed by atoms with Gasteiger partial charge in [0.1, 0.15) is 0 Å². The van der Waals surface area contributed by atoms with Crippen LogP contribution in [0.5, 0.6) is 0 Å². The number of hydrogen-bond donors (Lipinski definition) is 2. The van der Waals surface area contributed by atoms with Gasteiger partial charge in [-0.05, 0) is 31.8 Å². The van der Waals surface area contributed by atoms with E-state index in [0.717, 1.165) is 13.1 Å². The number of nitrogens with one attached hydrogen (secondary N) is 1. The van der Waals surface area contributed by atoms with Crippen LogP contribution in [0.4, 0.5) is 11.4 Å². The van der Waals surface area contributed by atoms with Gasteiger partial charge in [0.05, 0.1) is 11.4 Å². The number of halogens is 1. The molecular weight excluding hydrogens is 238 g/mol. The predicted molar refractivity (Wildman–Crippen MR) is 72.3 cm³/mol. The van der Waals surface area contributed by atoms with Gasteiger partial charge in [0.2, 0.25) is 5.91 Å². The summed E-state index contributed by atoms with van der Waals surface area (Å²) in [5, 5.41) is 3.33. The molecule has 0 aliphatic carbocycles. The number of amides is 1. The van der Waals surface area contributed by atoms with Crippen LogP contribution in [-0.4, -0.2) is 30.9 Å². The van der Waals surface area contributed by atoms with Crippen molar-refractivity contribution in [3.8, 4) is 0 Å². The summed E-state index contributed by atoms with van der Waals surface area (Å²) < 4.78 is 0. The monoisotopic (exact) mass is 255 g/mol. The molecule has 0 spiro atoms. The van der Waals surface area contributed by atoms with Crippen molar-refractivity contribution in [2.45, 2.75) is 13.3 Å². The molecule has 1 aromatic rings. The number of hydrogen-bond acceptors (Lipinski definition) is 3. The Morgan fingerprint density at radius 3 is 2.82 bits per heavy atom. The van der Waals surface area contributed by atoms with Gasteiger partial charge in [-0.3, -0.25) is 4.79 Å². The number of nitrogen functional groups attached to an aromatic ring is 1.